The molecule has 1 unspecified atom stereocenters. The Labute approximate surface area is 225 Å². The fourth-order valence-electron chi connectivity index (χ4n) is 4.52. The number of amides is 3. The van der Waals surface area contributed by atoms with Crippen molar-refractivity contribution < 1.29 is 19.5 Å². The number of aromatic hydroxyl groups is 1. The van der Waals surface area contributed by atoms with Crippen molar-refractivity contribution in [2.24, 2.45) is 0 Å². The average Bonchev–Trinajstić information content (AvgIpc) is 3.26. The molecule has 5 rings (SSSR count). The number of nitrogens with zero attached hydrogens (tertiary/aromatic N) is 1. The number of imide groups is 1. The molecule has 0 saturated carbocycles. The van der Waals surface area contributed by atoms with Gasteiger partial charge in [0.2, 0.25) is 5.91 Å². The first-order valence-electron chi connectivity index (χ1n) is 12.2. The monoisotopic (exact) mass is 522 g/mol. The number of hydrogen-bond acceptors (Lipinski definition) is 5. The van der Waals surface area contributed by atoms with Gasteiger partial charge in [0.05, 0.1) is 5.25 Å². The highest BCUT2D eigenvalue weighted by atomic mass is 32.2. The number of nitrogens with one attached hydrogen (secondary N) is 1. The van der Waals surface area contributed by atoms with Crippen LogP contribution in [0.5, 0.6) is 5.75 Å². The first-order chi connectivity index (χ1) is 18.4. The van der Waals surface area contributed by atoms with Gasteiger partial charge in [-0.25, -0.2) is 0 Å². The van der Waals surface area contributed by atoms with Crippen molar-refractivity contribution in [1.29, 1.82) is 0 Å². The fraction of sp³-hybridized carbons (Fsp3) is 0.129. The highest BCUT2D eigenvalue weighted by molar-refractivity contribution is 8.15. The zero-order valence-corrected chi connectivity index (χ0v) is 21.6. The van der Waals surface area contributed by atoms with Gasteiger partial charge in [-0.05, 0) is 70.1 Å². The van der Waals surface area contributed by atoms with Gasteiger partial charge in [0.1, 0.15) is 5.75 Å². The van der Waals surface area contributed by atoms with Crippen molar-refractivity contribution in [3.63, 3.8) is 0 Å². The van der Waals surface area contributed by atoms with Crippen LogP contribution in [0.2, 0.25) is 0 Å². The molecule has 0 spiro atoms. The molecular formula is C31H26N2O4S. The maximum Gasteiger partial charge on any atom is 0.286 e. The molecule has 1 atom stereocenters. The molecule has 0 radical (unpaired) electrons. The first kappa shape index (κ1) is 25.3. The summed E-state index contributed by atoms with van der Waals surface area (Å²) in [6.07, 6.45) is 0.399. The van der Waals surface area contributed by atoms with E-state index in [0.717, 1.165) is 45.1 Å². The summed E-state index contributed by atoms with van der Waals surface area (Å²) in [5.41, 5.74) is 6.39. The summed E-state index contributed by atoms with van der Waals surface area (Å²) in [5.74, 6) is -0.200. The lowest BCUT2D eigenvalue weighted by molar-refractivity contribution is -0.118. The minimum atomic E-state index is -0.489. The van der Waals surface area contributed by atoms with E-state index in [1.54, 1.807) is 36.2 Å². The van der Waals surface area contributed by atoms with Crippen molar-refractivity contribution in [3.8, 4) is 28.0 Å². The number of thioether (sulfide) groups is 1. The minimum Gasteiger partial charge on any atom is -0.508 e. The zero-order chi connectivity index (χ0) is 26.6. The standard InChI is InChI=1S/C31H26N2O4S/c1-33(30(36)23-9-7-21(8-10-23)22-13-15-27(34)16-14-22)19-26-17-24(20-5-3-2-4-6-20)11-12-25(26)18-28-29(35)32-31(37)38-28/h2-17,28,34H,18-19H2,1H3,(H,32,35,37). The van der Waals surface area contributed by atoms with Crippen molar-refractivity contribution in [1.82, 2.24) is 10.2 Å². The number of carbonyl (C=O) groups is 3. The maximum atomic E-state index is 13.3. The third-order valence-corrected chi connectivity index (χ3v) is 7.55. The summed E-state index contributed by atoms with van der Waals surface area (Å²) in [7, 11) is 1.76. The summed E-state index contributed by atoms with van der Waals surface area (Å²) in [6.45, 7) is 0.349. The molecule has 1 aliphatic heterocycles. The van der Waals surface area contributed by atoms with Gasteiger partial charge in [-0.15, -0.1) is 0 Å². The van der Waals surface area contributed by atoms with Crippen molar-refractivity contribution in [2.45, 2.75) is 18.2 Å². The van der Waals surface area contributed by atoms with Gasteiger partial charge >= 0.3 is 0 Å². The third kappa shape index (κ3) is 5.63. The number of benzene rings is 4. The molecule has 190 valence electrons. The lowest BCUT2D eigenvalue weighted by Gasteiger charge is -2.21. The SMILES string of the molecule is CN(Cc1cc(-c2ccccc2)ccc1CC1SC(=O)NC1=O)C(=O)c1ccc(-c2ccc(O)cc2)cc1. The van der Waals surface area contributed by atoms with Crippen LogP contribution in [-0.2, 0) is 17.8 Å². The Morgan fingerprint density at radius 1 is 0.816 bits per heavy atom. The maximum absolute atomic E-state index is 13.3. The Morgan fingerprint density at radius 3 is 2.05 bits per heavy atom. The lowest BCUT2D eigenvalue weighted by Crippen LogP contribution is -2.28. The smallest absolute Gasteiger partial charge is 0.286 e. The molecule has 1 heterocycles. The summed E-state index contributed by atoms with van der Waals surface area (Å²) in [6, 6.07) is 30.3. The van der Waals surface area contributed by atoms with E-state index in [-0.39, 0.29) is 22.8 Å². The molecule has 2 N–H and O–H groups in total. The summed E-state index contributed by atoms with van der Waals surface area (Å²) >= 11 is 1.01. The highest BCUT2D eigenvalue weighted by Gasteiger charge is 2.32. The largest absolute Gasteiger partial charge is 0.508 e. The van der Waals surface area contributed by atoms with Gasteiger partial charge < -0.3 is 10.0 Å². The number of hydrogen-bond donors (Lipinski definition) is 2. The van der Waals surface area contributed by atoms with Crippen LogP contribution in [0.1, 0.15) is 21.5 Å². The number of rotatable bonds is 7. The molecule has 0 aromatic heterocycles. The molecule has 4 aromatic rings. The number of carbonyl (C=O) groups excluding carboxylic acids is 3. The number of phenolic OH excluding ortho intramolecular Hbond substituents is 1. The van der Waals surface area contributed by atoms with Crippen LogP contribution < -0.4 is 5.32 Å². The second-order valence-electron chi connectivity index (χ2n) is 9.22. The molecular weight excluding hydrogens is 496 g/mol. The van der Waals surface area contributed by atoms with Gasteiger partial charge in [-0.2, -0.15) is 0 Å². The van der Waals surface area contributed by atoms with E-state index in [9.17, 15) is 19.5 Å². The molecule has 0 bridgehead atoms. The average molecular weight is 523 g/mol. The second-order valence-corrected chi connectivity index (χ2v) is 10.4. The van der Waals surface area contributed by atoms with Crippen LogP contribution in [0, 0.1) is 0 Å². The van der Waals surface area contributed by atoms with Crippen LogP contribution in [0.3, 0.4) is 0 Å². The van der Waals surface area contributed by atoms with Crippen LogP contribution in [0.15, 0.2) is 97.1 Å². The minimum absolute atomic E-state index is 0.124. The van der Waals surface area contributed by atoms with Crippen LogP contribution in [-0.4, -0.2) is 39.4 Å². The molecule has 0 aliphatic carbocycles. The Hall–Kier alpha value is -4.36. The van der Waals surface area contributed by atoms with E-state index in [1.165, 1.54) is 0 Å². The Balaban J connectivity index is 1.38. The van der Waals surface area contributed by atoms with E-state index < -0.39 is 5.25 Å². The van der Waals surface area contributed by atoms with Gasteiger partial charge in [-0.3, -0.25) is 19.7 Å². The van der Waals surface area contributed by atoms with Crippen LogP contribution >= 0.6 is 11.8 Å². The van der Waals surface area contributed by atoms with Crippen LogP contribution in [0.25, 0.3) is 22.3 Å². The van der Waals surface area contributed by atoms with E-state index in [4.69, 9.17) is 0 Å². The normalized spacial score (nSPS) is 14.8. The molecule has 7 heteroatoms. The fourth-order valence-corrected chi connectivity index (χ4v) is 5.36. The van der Waals surface area contributed by atoms with E-state index >= 15 is 0 Å². The quantitative estimate of drug-likeness (QED) is 0.316. The first-order valence-corrected chi connectivity index (χ1v) is 13.1. The topological polar surface area (TPSA) is 86.7 Å². The van der Waals surface area contributed by atoms with Crippen molar-refractivity contribution >= 4 is 28.8 Å². The molecule has 1 aliphatic rings. The van der Waals surface area contributed by atoms with Gasteiger partial charge in [-0.1, -0.05) is 78.5 Å². The Bertz CT molecular complexity index is 1490. The van der Waals surface area contributed by atoms with E-state index in [0.29, 0.717) is 18.5 Å². The molecule has 4 aromatic carbocycles. The third-order valence-electron chi connectivity index (χ3n) is 6.57. The van der Waals surface area contributed by atoms with E-state index in [1.807, 2.05) is 66.7 Å². The van der Waals surface area contributed by atoms with Gasteiger partial charge in [0.15, 0.2) is 0 Å². The number of phenols is 1. The zero-order valence-electron chi connectivity index (χ0n) is 20.8. The molecule has 1 fully saturated rings. The van der Waals surface area contributed by atoms with E-state index in [2.05, 4.69) is 11.4 Å². The van der Waals surface area contributed by atoms with Crippen LogP contribution in [0.4, 0.5) is 4.79 Å². The lowest BCUT2D eigenvalue weighted by atomic mass is 9.96. The van der Waals surface area contributed by atoms with Gasteiger partial charge in [0, 0.05) is 19.2 Å². The summed E-state index contributed by atoms with van der Waals surface area (Å²) < 4.78 is 0. The molecule has 3 amide bonds. The highest BCUT2D eigenvalue weighted by Crippen LogP contribution is 2.29. The summed E-state index contributed by atoms with van der Waals surface area (Å²) in [5, 5.41) is 11.1. The summed E-state index contributed by atoms with van der Waals surface area (Å²) in [4.78, 5) is 38.9. The van der Waals surface area contributed by atoms with Crippen molar-refractivity contribution in [3.05, 3.63) is 114 Å². The molecule has 38 heavy (non-hydrogen) atoms. The predicted octanol–water partition coefficient (Wildman–Crippen LogP) is 5.89. The van der Waals surface area contributed by atoms with Crippen molar-refractivity contribution in [2.75, 3.05) is 7.05 Å². The van der Waals surface area contributed by atoms with Gasteiger partial charge in [0.25, 0.3) is 11.1 Å². The Kier molecular flexibility index (Phi) is 7.29. The second kappa shape index (κ2) is 10.9. The predicted molar refractivity (Wildman–Crippen MR) is 150 cm³/mol. The molecule has 6 nitrogen and oxygen atoms in total. The Morgan fingerprint density at radius 2 is 1.42 bits per heavy atom. The molecule has 1 saturated heterocycles.